The van der Waals surface area contributed by atoms with E-state index in [1.807, 2.05) is 18.2 Å². The normalized spacial score (nSPS) is 12.0. The summed E-state index contributed by atoms with van der Waals surface area (Å²) < 4.78 is 0. The van der Waals surface area contributed by atoms with Gasteiger partial charge in [0, 0.05) is 0 Å². The van der Waals surface area contributed by atoms with Crippen molar-refractivity contribution in [3.8, 4) is 6.07 Å². The van der Waals surface area contributed by atoms with Crippen LogP contribution in [0.15, 0.2) is 72.8 Å². The van der Waals surface area contributed by atoms with Crippen molar-refractivity contribution in [3.63, 3.8) is 0 Å². The molecule has 0 heterocycles. The number of fused-ring (bicyclic) bond motifs is 1. The molecule has 3 rings (SSSR count). The molecule has 1 heteroatoms. The van der Waals surface area contributed by atoms with Crippen LogP contribution in [0.5, 0.6) is 0 Å². The molecular weight excluding hydrogens is 266 g/mol. The Labute approximate surface area is 131 Å². The van der Waals surface area contributed by atoms with Crippen LogP contribution in [0.25, 0.3) is 10.8 Å². The van der Waals surface area contributed by atoms with Gasteiger partial charge in [-0.05, 0) is 41.2 Å². The molecule has 0 amide bonds. The van der Waals surface area contributed by atoms with Crippen LogP contribution in [0.2, 0.25) is 0 Å². The highest BCUT2D eigenvalue weighted by molar-refractivity contribution is 5.86. The first-order valence-corrected chi connectivity index (χ1v) is 7.79. The minimum atomic E-state index is -0.0326. The van der Waals surface area contributed by atoms with E-state index in [9.17, 15) is 5.26 Å². The lowest BCUT2D eigenvalue weighted by molar-refractivity contribution is 0.687. The van der Waals surface area contributed by atoms with Crippen molar-refractivity contribution in [3.05, 3.63) is 83.9 Å². The van der Waals surface area contributed by atoms with Gasteiger partial charge in [-0.25, -0.2) is 0 Å². The van der Waals surface area contributed by atoms with Gasteiger partial charge in [0.2, 0.25) is 0 Å². The summed E-state index contributed by atoms with van der Waals surface area (Å²) in [6, 6.07) is 27.6. The molecule has 1 nitrogen and oxygen atoms in total. The maximum Gasteiger partial charge on any atom is 0.0718 e. The molecule has 0 aromatic heterocycles. The fourth-order valence-electron chi connectivity index (χ4n) is 3.00. The van der Waals surface area contributed by atoms with Crippen molar-refractivity contribution >= 4 is 10.8 Å². The summed E-state index contributed by atoms with van der Waals surface area (Å²) in [5, 5.41) is 12.0. The Morgan fingerprint density at radius 2 is 1.55 bits per heavy atom. The fraction of sp³-hybridized carbons (Fsp3) is 0.190. The van der Waals surface area contributed by atoms with E-state index in [2.05, 4.69) is 60.7 Å². The molecule has 1 atom stereocenters. The van der Waals surface area contributed by atoms with E-state index in [0.29, 0.717) is 0 Å². The van der Waals surface area contributed by atoms with Crippen LogP contribution < -0.4 is 0 Å². The summed E-state index contributed by atoms with van der Waals surface area (Å²) in [5.41, 5.74) is 2.51. The predicted molar refractivity (Wildman–Crippen MR) is 91.7 cm³/mol. The standard InChI is InChI=1S/C21H19N/c22-16-19(13-6-10-17-8-2-1-3-9-17)21-15-7-12-18-11-4-5-14-20(18)21/h1-5,7-9,11-12,14-15,19H,6,10,13H2. The maximum absolute atomic E-state index is 9.59. The number of nitrogens with zero attached hydrogens (tertiary/aromatic N) is 1. The highest BCUT2D eigenvalue weighted by Crippen LogP contribution is 2.28. The second-order valence-corrected chi connectivity index (χ2v) is 5.63. The monoisotopic (exact) mass is 285 g/mol. The van der Waals surface area contributed by atoms with Gasteiger partial charge < -0.3 is 0 Å². The molecule has 3 aromatic rings. The number of hydrogen-bond donors (Lipinski definition) is 0. The number of rotatable bonds is 5. The molecule has 0 spiro atoms. The SMILES string of the molecule is N#CC(CCCc1ccccc1)c1cccc2ccccc12. The van der Waals surface area contributed by atoms with E-state index in [1.165, 1.54) is 16.3 Å². The molecule has 108 valence electrons. The quantitative estimate of drug-likeness (QED) is 0.609. The summed E-state index contributed by atoms with van der Waals surface area (Å²) >= 11 is 0. The van der Waals surface area contributed by atoms with Crippen molar-refractivity contribution < 1.29 is 0 Å². The predicted octanol–water partition coefficient (Wildman–Crippen LogP) is 5.47. The van der Waals surface area contributed by atoms with Gasteiger partial charge in [0.15, 0.2) is 0 Å². The second-order valence-electron chi connectivity index (χ2n) is 5.63. The zero-order valence-electron chi connectivity index (χ0n) is 12.6. The van der Waals surface area contributed by atoms with Crippen LogP contribution in [0.1, 0.15) is 29.9 Å². The minimum absolute atomic E-state index is 0.0326. The summed E-state index contributed by atoms with van der Waals surface area (Å²) in [6.07, 6.45) is 2.97. The Morgan fingerprint density at radius 3 is 2.36 bits per heavy atom. The number of nitriles is 1. The first-order valence-electron chi connectivity index (χ1n) is 7.79. The largest absolute Gasteiger partial charge is 0.198 e. The van der Waals surface area contributed by atoms with E-state index in [4.69, 9.17) is 0 Å². The van der Waals surface area contributed by atoms with E-state index in [0.717, 1.165) is 24.8 Å². The van der Waals surface area contributed by atoms with Gasteiger partial charge in [-0.15, -0.1) is 0 Å². The lowest BCUT2D eigenvalue weighted by atomic mass is 9.90. The Morgan fingerprint density at radius 1 is 0.818 bits per heavy atom. The molecule has 0 fully saturated rings. The van der Waals surface area contributed by atoms with Gasteiger partial charge in [-0.3, -0.25) is 0 Å². The highest BCUT2D eigenvalue weighted by Gasteiger charge is 2.13. The van der Waals surface area contributed by atoms with Gasteiger partial charge in [0.05, 0.1) is 12.0 Å². The average Bonchev–Trinajstić information content (AvgIpc) is 2.59. The topological polar surface area (TPSA) is 23.8 Å². The zero-order chi connectivity index (χ0) is 15.2. The van der Waals surface area contributed by atoms with E-state index in [-0.39, 0.29) is 5.92 Å². The van der Waals surface area contributed by atoms with Crippen molar-refractivity contribution in [2.75, 3.05) is 0 Å². The fourth-order valence-corrected chi connectivity index (χ4v) is 3.00. The molecule has 0 radical (unpaired) electrons. The Hall–Kier alpha value is -2.59. The van der Waals surface area contributed by atoms with Crippen molar-refractivity contribution in [1.82, 2.24) is 0 Å². The van der Waals surface area contributed by atoms with Gasteiger partial charge in [0.25, 0.3) is 0 Å². The first kappa shape index (κ1) is 14.4. The van der Waals surface area contributed by atoms with Crippen LogP contribution in [0, 0.1) is 11.3 Å². The van der Waals surface area contributed by atoms with Crippen LogP contribution in [-0.2, 0) is 6.42 Å². The lowest BCUT2D eigenvalue weighted by Crippen LogP contribution is -1.98. The smallest absolute Gasteiger partial charge is 0.0718 e. The van der Waals surface area contributed by atoms with Gasteiger partial charge >= 0.3 is 0 Å². The molecule has 0 aliphatic heterocycles. The second kappa shape index (κ2) is 6.91. The number of aryl methyl sites for hydroxylation is 1. The van der Waals surface area contributed by atoms with Crippen LogP contribution >= 0.6 is 0 Å². The summed E-state index contributed by atoms with van der Waals surface area (Å²) in [4.78, 5) is 0. The summed E-state index contributed by atoms with van der Waals surface area (Å²) in [7, 11) is 0. The van der Waals surface area contributed by atoms with Gasteiger partial charge in [0.1, 0.15) is 0 Å². The van der Waals surface area contributed by atoms with Crippen LogP contribution in [0.4, 0.5) is 0 Å². The van der Waals surface area contributed by atoms with Gasteiger partial charge in [-0.2, -0.15) is 5.26 Å². The third-order valence-electron chi connectivity index (χ3n) is 4.16. The van der Waals surface area contributed by atoms with Gasteiger partial charge in [-0.1, -0.05) is 72.8 Å². The molecule has 0 saturated carbocycles. The molecule has 0 saturated heterocycles. The molecule has 1 unspecified atom stereocenters. The Bertz CT molecular complexity index is 778. The van der Waals surface area contributed by atoms with E-state index in [1.54, 1.807) is 0 Å². The van der Waals surface area contributed by atoms with Crippen molar-refractivity contribution in [2.24, 2.45) is 0 Å². The van der Waals surface area contributed by atoms with Crippen molar-refractivity contribution in [2.45, 2.75) is 25.2 Å². The molecule has 3 aromatic carbocycles. The molecule has 0 bridgehead atoms. The third-order valence-corrected chi connectivity index (χ3v) is 4.16. The average molecular weight is 285 g/mol. The molecule has 0 aliphatic carbocycles. The molecule has 22 heavy (non-hydrogen) atoms. The Kier molecular flexibility index (Phi) is 4.51. The first-order chi connectivity index (χ1) is 10.9. The van der Waals surface area contributed by atoms with Crippen LogP contribution in [0.3, 0.4) is 0 Å². The summed E-state index contributed by atoms with van der Waals surface area (Å²) in [6.45, 7) is 0. The summed E-state index contributed by atoms with van der Waals surface area (Å²) in [5.74, 6) is -0.0326. The lowest BCUT2D eigenvalue weighted by Gasteiger charge is -2.12. The molecule has 0 N–H and O–H groups in total. The highest BCUT2D eigenvalue weighted by atomic mass is 14.3. The minimum Gasteiger partial charge on any atom is -0.198 e. The van der Waals surface area contributed by atoms with Crippen LogP contribution in [-0.4, -0.2) is 0 Å². The van der Waals surface area contributed by atoms with E-state index < -0.39 is 0 Å². The Balaban J connectivity index is 1.75. The maximum atomic E-state index is 9.59. The molecule has 0 aliphatic rings. The zero-order valence-corrected chi connectivity index (χ0v) is 12.6. The van der Waals surface area contributed by atoms with Crippen molar-refractivity contribution in [1.29, 1.82) is 5.26 Å². The number of hydrogen-bond acceptors (Lipinski definition) is 1. The number of benzene rings is 3. The van der Waals surface area contributed by atoms with E-state index >= 15 is 0 Å². The third kappa shape index (κ3) is 3.18. The molecular formula is C21H19N.